The highest BCUT2D eigenvalue weighted by atomic mass is 32.1. The summed E-state index contributed by atoms with van der Waals surface area (Å²) in [6.07, 6.45) is 1.12. The standard InChI is InChI=1S/C20H18N2O2S/c1-2-13-7-9-14(10-8-13)16-12-25-20(21-16)22-19(23)18-11-15-5-3-4-6-17(15)24-18/h3-10,12,18H,2,11H2,1H3,(H,21,22,23). The van der Waals surface area contributed by atoms with E-state index in [4.69, 9.17) is 4.74 Å². The minimum Gasteiger partial charge on any atom is -0.480 e. The molecule has 1 atom stereocenters. The SMILES string of the molecule is CCc1ccc(-c2csc(NC(=O)C3Cc4ccccc4O3)n2)cc1. The molecule has 5 heteroatoms. The van der Waals surface area contributed by atoms with Crippen molar-refractivity contribution in [1.82, 2.24) is 4.98 Å². The summed E-state index contributed by atoms with van der Waals surface area (Å²) in [5.74, 6) is 0.636. The zero-order valence-corrected chi connectivity index (χ0v) is 14.7. The lowest BCUT2D eigenvalue weighted by molar-refractivity contribution is -0.122. The number of para-hydroxylation sites is 1. The third kappa shape index (κ3) is 3.28. The first-order valence-electron chi connectivity index (χ1n) is 8.33. The van der Waals surface area contributed by atoms with Gasteiger partial charge in [0, 0.05) is 17.4 Å². The fourth-order valence-corrected chi connectivity index (χ4v) is 3.61. The molecule has 1 N–H and O–H groups in total. The molecule has 4 rings (SSSR count). The average Bonchev–Trinajstić information content (AvgIpc) is 3.28. The van der Waals surface area contributed by atoms with Gasteiger partial charge in [-0.1, -0.05) is 49.4 Å². The number of aryl methyl sites for hydroxylation is 1. The zero-order chi connectivity index (χ0) is 17.2. The van der Waals surface area contributed by atoms with Gasteiger partial charge in [0.1, 0.15) is 5.75 Å². The van der Waals surface area contributed by atoms with Gasteiger partial charge in [-0.3, -0.25) is 10.1 Å². The Morgan fingerprint density at radius 1 is 1.24 bits per heavy atom. The zero-order valence-electron chi connectivity index (χ0n) is 13.9. The van der Waals surface area contributed by atoms with Crippen LogP contribution in [0.4, 0.5) is 5.13 Å². The summed E-state index contributed by atoms with van der Waals surface area (Å²) in [6.45, 7) is 2.13. The predicted octanol–water partition coefficient (Wildman–Crippen LogP) is 4.31. The van der Waals surface area contributed by atoms with Crippen LogP contribution in [-0.2, 0) is 17.6 Å². The first-order chi connectivity index (χ1) is 12.2. The molecule has 2 aromatic carbocycles. The monoisotopic (exact) mass is 350 g/mol. The van der Waals surface area contributed by atoms with E-state index in [0.717, 1.165) is 29.0 Å². The van der Waals surface area contributed by atoms with Crippen LogP contribution in [0.1, 0.15) is 18.1 Å². The van der Waals surface area contributed by atoms with Crippen molar-refractivity contribution >= 4 is 22.4 Å². The maximum Gasteiger partial charge on any atom is 0.267 e. The molecule has 0 fully saturated rings. The van der Waals surface area contributed by atoms with E-state index in [-0.39, 0.29) is 5.91 Å². The quantitative estimate of drug-likeness (QED) is 0.762. The number of anilines is 1. The van der Waals surface area contributed by atoms with Gasteiger partial charge < -0.3 is 4.74 Å². The van der Waals surface area contributed by atoms with E-state index >= 15 is 0 Å². The molecule has 0 saturated carbocycles. The number of hydrogen-bond donors (Lipinski definition) is 1. The third-order valence-corrected chi connectivity index (χ3v) is 5.09. The first kappa shape index (κ1) is 15.8. The normalized spacial score (nSPS) is 15.5. The lowest BCUT2D eigenvalue weighted by Gasteiger charge is -2.09. The van der Waals surface area contributed by atoms with Crippen LogP contribution in [0.3, 0.4) is 0 Å². The van der Waals surface area contributed by atoms with Crippen LogP contribution in [0.5, 0.6) is 5.75 Å². The highest BCUT2D eigenvalue weighted by molar-refractivity contribution is 7.14. The predicted molar refractivity (Wildman–Crippen MR) is 100 cm³/mol. The molecule has 4 nitrogen and oxygen atoms in total. The number of ether oxygens (including phenoxy) is 1. The van der Waals surface area contributed by atoms with E-state index in [1.807, 2.05) is 29.6 Å². The minimum absolute atomic E-state index is 0.154. The molecule has 0 radical (unpaired) electrons. The lowest BCUT2D eigenvalue weighted by atomic mass is 10.1. The van der Waals surface area contributed by atoms with E-state index in [2.05, 4.69) is 41.5 Å². The summed E-state index contributed by atoms with van der Waals surface area (Å²) in [7, 11) is 0. The Kier molecular flexibility index (Phi) is 4.24. The van der Waals surface area contributed by atoms with Crippen molar-refractivity contribution in [2.75, 3.05) is 5.32 Å². The number of thiazole rings is 1. The molecule has 0 bridgehead atoms. The second-order valence-electron chi connectivity index (χ2n) is 6.00. The molecule has 1 amide bonds. The number of carbonyl (C=O) groups excluding carboxylic acids is 1. The topological polar surface area (TPSA) is 51.2 Å². The highest BCUT2D eigenvalue weighted by Crippen LogP contribution is 2.30. The molecule has 0 aliphatic carbocycles. The van der Waals surface area contributed by atoms with E-state index < -0.39 is 6.10 Å². The molecule has 1 aliphatic heterocycles. The van der Waals surface area contributed by atoms with Gasteiger partial charge in [-0.05, 0) is 23.6 Å². The molecule has 1 aliphatic rings. The molecule has 0 saturated heterocycles. The maximum absolute atomic E-state index is 12.4. The van der Waals surface area contributed by atoms with Crippen molar-refractivity contribution < 1.29 is 9.53 Å². The summed E-state index contributed by atoms with van der Waals surface area (Å²) < 4.78 is 5.72. The Balaban J connectivity index is 1.43. The number of benzene rings is 2. The number of nitrogens with one attached hydrogen (secondary N) is 1. The van der Waals surface area contributed by atoms with Crippen LogP contribution in [0, 0.1) is 0 Å². The molecule has 2 heterocycles. The summed E-state index contributed by atoms with van der Waals surface area (Å²) in [5.41, 5.74) is 4.29. The van der Waals surface area contributed by atoms with Crippen molar-refractivity contribution in [2.45, 2.75) is 25.9 Å². The van der Waals surface area contributed by atoms with Crippen molar-refractivity contribution in [3.8, 4) is 17.0 Å². The Hall–Kier alpha value is -2.66. The number of aromatic nitrogens is 1. The summed E-state index contributed by atoms with van der Waals surface area (Å²) in [5, 5.41) is 5.43. The number of rotatable bonds is 4. The Morgan fingerprint density at radius 3 is 2.80 bits per heavy atom. The highest BCUT2D eigenvalue weighted by Gasteiger charge is 2.29. The van der Waals surface area contributed by atoms with Crippen molar-refractivity contribution in [3.05, 3.63) is 65.0 Å². The summed E-state index contributed by atoms with van der Waals surface area (Å²) in [6, 6.07) is 16.1. The summed E-state index contributed by atoms with van der Waals surface area (Å²) >= 11 is 1.43. The van der Waals surface area contributed by atoms with E-state index in [1.165, 1.54) is 16.9 Å². The molecule has 3 aromatic rings. The van der Waals surface area contributed by atoms with E-state index in [0.29, 0.717) is 11.6 Å². The maximum atomic E-state index is 12.4. The first-order valence-corrected chi connectivity index (χ1v) is 9.21. The number of hydrogen-bond acceptors (Lipinski definition) is 4. The van der Waals surface area contributed by atoms with Gasteiger partial charge in [0.15, 0.2) is 11.2 Å². The fourth-order valence-electron chi connectivity index (χ4n) is 2.89. The smallest absolute Gasteiger partial charge is 0.267 e. The third-order valence-electron chi connectivity index (χ3n) is 4.33. The van der Waals surface area contributed by atoms with Crippen molar-refractivity contribution in [1.29, 1.82) is 0 Å². The van der Waals surface area contributed by atoms with Crippen LogP contribution in [-0.4, -0.2) is 17.0 Å². The van der Waals surface area contributed by atoms with Gasteiger partial charge in [0.05, 0.1) is 5.69 Å². The lowest BCUT2D eigenvalue weighted by Crippen LogP contribution is -2.31. The van der Waals surface area contributed by atoms with Gasteiger partial charge in [-0.15, -0.1) is 11.3 Å². The molecular formula is C20H18N2O2S. The molecule has 0 spiro atoms. The summed E-state index contributed by atoms with van der Waals surface area (Å²) in [4.78, 5) is 17.0. The molecule has 126 valence electrons. The van der Waals surface area contributed by atoms with Crippen LogP contribution >= 0.6 is 11.3 Å². The van der Waals surface area contributed by atoms with Gasteiger partial charge in [0.2, 0.25) is 0 Å². The van der Waals surface area contributed by atoms with Gasteiger partial charge in [-0.25, -0.2) is 4.98 Å². The van der Waals surface area contributed by atoms with Crippen LogP contribution in [0.25, 0.3) is 11.3 Å². The molecular weight excluding hydrogens is 332 g/mol. The second kappa shape index (κ2) is 6.69. The van der Waals surface area contributed by atoms with Crippen LogP contribution in [0.15, 0.2) is 53.9 Å². The van der Waals surface area contributed by atoms with Crippen LogP contribution in [0.2, 0.25) is 0 Å². The van der Waals surface area contributed by atoms with Crippen molar-refractivity contribution in [2.24, 2.45) is 0 Å². The van der Waals surface area contributed by atoms with E-state index in [1.54, 1.807) is 0 Å². The molecule has 1 aromatic heterocycles. The van der Waals surface area contributed by atoms with Gasteiger partial charge in [-0.2, -0.15) is 0 Å². The van der Waals surface area contributed by atoms with E-state index in [9.17, 15) is 4.79 Å². The number of amides is 1. The molecule has 1 unspecified atom stereocenters. The van der Waals surface area contributed by atoms with Crippen LogP contribution < -0.4 is 10.1 Å². The number of nitrogens with zero attached hydrogens (tertiary/aromatic N) is 1. The van der Waals surface area contributed by atoms with Gasteiger partial charge in [0.25, 0.3) is 5.91 Å². The van der Waals surface area contributed by atoms with Crippen molar-refractivity contribution in [3.63, 3.8) is 0 Å². The molecule has 25 heavy (non-hydrogen) atoms. The Bertz CT molecular complexity index is 877. The second-order valence-corrected chi connectivity index (χ2v) is 6.85. The number of carbonyl (C=O) groups is 1. The Labute approximate surface area is 150 Å². The fraction of sp³-hybridized carbons (Fsp3) is 0.200. The number of fused-ring (bicyclic) bond motifs is 1. The Morgan fingerprint density at radius 2 is 2.04 bits per heavy atom. The minimum atomic E-state index is -0.492. The van der Waals surface area contributed by atoms with Gasteiger partial charge >= 0.3 is 0 Å². The largest absolute Gasteiger partial charge is 0.480 e. The average molecular weight is 350 g/mol.